The van der Waals surface area contributed by atoms with E-state index >= 15 is 0 Å². The molecule has 4 heteroatoms. The van der Waals surface area contributed by atoms with Crippen LogP contribution in [0.2, 0.25) is 0 Å². The van der Waals surface area contributed by atoms with Gasteiger partial charge in [-0.1, -0.05) is 12.2 Å². The molecule has 1 aliphatic rings. The van der Waals surface area contributed by atoms with E-state index in [0.29, 0.717) is 0 Å². The van der Waals surface area contributed by atoms with Gasteiger partial charge in [0.25, 0.3) is 0 Å². The largest absolute Gasteiger partial charge is 0.460 e. The van der Waals surface area contributed by atoms with Gasteiger partial charge in [0.1, 0.15) is 12.2 Å². The summed E-state index contributed by atoms with van der Waals surface area (Å²) in [7, 11) is 0. The minimum Gasteiger partial charge on any atom is -0.460 e. The molecule has 0 bridgehead atoms. The monoisotopic (exact) mass is 294 g/mol. The normalized spacial score (nSPS) is 25.7. The molecule has 1 heterocycles. The zero-order valence-corrected chi connectivity index (χ0v) is 13.2. The predicted octanol–water partition coefficient (Wildman–Crippen LogP) is 3.54. The lowest BCUT2D eigenvalue weighted by atomic mass is 10.1. The number of esters is 1. The van der Waals surface area contributed by atoms with Crippen molar-refractivity contribution in [2.45, 2.75) is 64.1 Å². The molecule has 0 aliphatic carbocycles. The molecule has 1 saturated heterocycles. The highest BCUT2D eigenvalue weighted by Gasteiger charge is 2.38. The van der Waals surface area contributed by atoms with Crippen LogP contribution >= 0.6 is 0 Å². The standard InChI is InChI=1S/C17H26O4/c1-6-8-9-10-13(3)19-16(18)12-11-15-14(7-2)20-17(4,5)21-15/h6-7,11-15H,1-2,8-10H2,3-5H3/b12-11+/t13-,14+,15-/m1/s1. The SMILES string of the molecule is C=CCCC[C@@H](C)OC(=O)/C=C/[C@H]1OC(C)(C)O[C@H]1C=C. The first kappa shape index (κ1) is 17.7. The Kier molecular flexibility index (Phi) is 6.85. The maximum Gasteiger partial charge on any atom is 0.330 e. The molecule has 0 amide bonds. The first-order valence-corrected chi connectivity index (χ1v) is 7.36. The van der Waals surface area contributed by atoms with E-state index in [9.17, 15) is 4.79 Å². The van der Waals surface area contributed by atoms with Gasteiger partial charge in [0.2, 0.25) is 0 Å². The van der Waals surface area contributed by atoms with Gasteiger partial charge in [0, 0.05) is 6.08 Å². The summed E-state index contributed by atoms with van der Waals surface area (Å²) in [5.41, 5.74) is 0. The first-order valence-electron chi connectivity index (χ1n) is 7.36. The number of hydrogen-bond acceptors (Lipinski definition) is 4. The van der Waals surface area contributed by atoms with Crippen molar-refractivity contribution >= 4 is 5.97 Å². The number of unbranched alkanes of at least 4 members (excludes halogenated alkanes) is 1. The lowest BCUT2D eigenvalue weighted by Gasteiger charge is -2.15. The van der Waals surface area contributed by atoms with E-state index in [1.165, 1.54) is 6.08 Å². The highest BCUT2D eigenvalue weighted by molar-refractivity contribution is 5.82. The molecule has 3 atom stereocenters. The van der Waals surface area contributed by atoms with E-state index in [0.717, 1.165) is 19.3 Å². The first-order chi connectivity index (χ1) is 9.88. The summed E-state index contributed by atoms with van der Waals surface area (Å²) < 4.78 is 16.6. The predicted molar refractivity (Wildman–Crippen MR) is 82.8 cm³/mol. The Hall–Kier alpha value is -1.39. The summed E-state index contributed by atoms with van der Waals surface area (Å²) in [4.78, 5) is 11.7. The molecule has 0 aromatic rings. The van der Waals surface area contributed by atoms with Crippen LogP contribution in [0.4, 0.5) is 0 Å². The van der Waals surface area contributed by atoms with E-state index in [1.807, 2.05) is 26.8 Å². The van der Waals surface area contributed by atoms with E-state index in [-0.39, 0.29) is 24.3 Å². The van der Waals surface area contributed by atoms with E-state index < -0.39 is 5.79 Å². The van der Waals surface area contributed by atoms with Crippen LogP contribution in [0.5, 0.6) is 0 Å². The van der Waals surface area contributed by atoms with Crippen LogP contribution in [-0.2, 0) is 19.0 Å². The van der Waals surface area contributed by atoms with Gasteiger partial charge in [0.15, 0.2) is 5.79 Å². The van der Waals surface area contributed by atoms with Crippen LogP contribution in [0.3, 0.4) is 0 Å². The molecule has 0 N–H and O–H groups in total. The molecule has 1 rings (SSSR count). The number of rotatable bonds is 8. The third kappa shape index (κ3) is 6.27. The van der Waals surface area contributed by atoms with Gasteiger partial charge >= 0.3 is 5.97 Å². The Balaban J connectivity index is 2.43. The van der Waals surface area contributed by atoms with E-state index in [4.69, 9.17) is 14.2 Å². The zero-order valence-electron chi connectivity index (χ0n) is 13.2. The van der Waals surface area contributed by atoms with Crippen molar-refractivity contribution in [3.05, 3.63) is 37.5 Å². The molecule has 1 aliphatic heterocycles. The van der Waals surface area contributed by atoms with Crippen LogP contribution in [-0.4, -0.2) is 30.1 Å². The summed E-state index contributed by atoms with van der Waals surface area (Å²) >= 11 is 0. The van der Waals surface area contributed by atoms with Crippen molar-refractivity contribution < 1.29 is 19.0 Å². The number of ether oxygens (including phenoxy) is 3. The molecule has 1 fully saturated rings. The van der Waals surface area contributed by atoms with Gasteiger partial charge in [0.05, 0.1) is 6.10 Å². The molecular weight excluding hydrogens is 268 g/mol. The topological polar surface area (TPSA) is 44.8 Å². The third-order valence-corrected chi connectivity index (χ3v) is 3.15. The molecule has 0 saturated carbocycles. The molecule has 118 valence electrons. The number of carbonyl (C=O) groups is 1. The fourth-order valence-corrected chi connectivity index (χ4v) is 2.17. The van der Waals surface area contributed by atoms with Gasteiger partial charge in [-0.05, 0) is 46.1 Å². The average Bonchev–Trinajstić information content (AvgIpc) is 2.71. The molecule has 4 nitrogen and oxygen atoms in total. The minimum absolute atomic E-state index is 0.102. The van der Waals surface area contributed by atoms with Crippen molar-refractivity contribution in [1.29, 1.82) is 0 Å². The van der Waals surface area contributed by atoms with Gasteiger partial charge in [-0.15, -0.1) is 13.2 Å². The maximum absolute atomic E-state index is 11.7. The second kappa shape index (κ2) is 8.15. The molecule has 0 radical (unpaired) electrons. The lowest BCUT2D eigenvalue weighted by Crippen LogP contribution is -2.21. The quantitative estimate of drug-likeness (QED) is 0.297. The molecule has 21 heavy (non-hydrogen) atoms. The highest BCUT2D eigenvalue weighted by atomic mass is 16.7. The maximum atomic E-state index is 11.7. The van der Waals surface area contributed by atoms with Gasteiger partial charge < -0.3 is 14.2 Å². The Morgan fingerprint density at radius 2 is 2.00 bits per heavy atom. The lowest BCUT2D eigenvalue weighted by molar-refractivity contribution is -0.143. The Bertz CT molecular complexity index is 398. The molecule has 0 unspecified atom stereocenters. The zero-order chi connectivity index (χ0) is 15.9. The fourth-order valence-electron chi connectivity index (χ4n) is 2.17. The highest BCUT2D eigenvalue weighted by Crippen LogP contribution is 2.29. The van der Waals surface area contributed by atoms with Crippen molar-refractivity contribution in [2.75, 3.05) is 0 Å². The minimum atomic E-state index is -0.671. The summed E-state index contributed by atoms with van der Waals surface area (Å²) in [6.07, 6.45) is 8.65. The van der Waals surface area contributed by atoms with E-state index in [2.05, 4.69) is 13.2 Å². The van der Waals surface area contributed by atoms with Crippen molar-refractivity contribution in [3.63, 3.8) is 0 Å². The van der Waals surface area contributed by atoms with Crippen molar-refractivity contribution in [3.8, 4) is 0 Å². The molecule has 0 aromatic carbocycles. The summed E-state index contributed by atoms with van der Waals surface area (Å²) in [6, 6.07) is 0. The van der Waals surface area contributed by atoms with Crippen LogP contribution in [0.15, 0.2) is 37.5 Å². The smallest absolute Gasteiger partial charge is 0.330 e. The Morgan fingerprint density at radius 1 is 1.33 bits per heavy atom. The summed E-state index contributed by atoms with van der Waals surface area (Å²) in [6.45, 7) is 12.9. The van der Waals surface area contributed by atoms with Crippen LogP contribution in [0, 0.1) is 0 Å². The fraction of sp³-hybridized carbons (Fsp3) is 0.588. The third-order valence-electron chi connectivity index (χ3n) is 3.15. The van der Waals surface area contributed by atoms with Gasteiger partial charge in [-0.2, -0.15) is 0 Å². The van der Waals surface area contributed by atoms with Crippen LogP contribution < -0.4 is 0 Å². The van der Waals surface area contributed by atoms with Gasteiger partial charge in [-0.25, -0.2) is 4.79 Å². The summed E-state index contributed by atoms with van der Waals surface area (Å²) in [5, 5.41) is 0. The molecule has 0 aromatic heterocycles. The number of carbonyl (C=O) groups excluding carboxylic acids is 1. The second-order valence-corrected chi connectivity index (χ2v) is 5.63. The molecule has 0 spiro atoms. The Morgan fingerprint density at radius 3 is 2.62 bits per heavy atom. The van der Waals surface area contributed by atoms with E-state index in [1.54, 1.807) is 12.2 Å². The average molecular weight is 294 g/mol. The van der Waals surface area contributed by atoms with Gasteiger partial charge in [-0.3, -0.25) is 0 Å². The molecular formula is C17H26O4. The van der Waals surface area contributed by atoms with Crippen molar-refractivity contribution in [2.24, 2.45) is 0 Å². The second-order valence-electron chi connectivity index (χ2n) is 5.63. The van der Waals surface area contributed by atoms with Crippen molar-refractivity contribution in [1.82, 2.24) is 0 Å². The Labute approximate surface area is 127 Å². The van der Waals surface area contributed by atoms with Crippen LogP contribution in [0.1, 0.15) is 40.0 Å². The van der Waals surface area contributed by atoms with Crippen LogP contribution in [0.25, 0.3) is 0 Å². The number of allylic oxidation sites excluding steroid dienone is 1. The number of hydrogen-bond donors (Lipinski definition) is 0. The summed E-state index contributed by atoms with van der Waals surface area (Å²) in [5.74, 6) is -1.03.